The van der Waals surface area contributed by atoms with Crippen LogP contribution in [0.2, 0.25) is 0 Å². The molecule has 1 aliphatic rings. The van der Waals surface area contributed by atoms with Crippen molar-refractivity contribution in [1.82, 2.24) is 0 Å². The number of benzene rings is 1. The maximum atomic E-state index is 13.7. The van der Waals surface area contributed by atoms with E-state index in [0.717, 1.165) is 0 Å². The van der Waals surface area contributed by atoms with Crippen molar-refractivity contribution in [3.63, 3.8) is 0 Å². The normalized spacial score (nSPS) is 15.6. The van der Waals surface area contributed by atoms with Gasteiger partial charge in [-0.05, 0) is 49.9 Å². The van der Waals surface area contributed by atoms with E-state index in [-0.39, 0.29) is 22.6 Å². The van der Waals surface area contributed by atoms with Crippen molar-refractivity contribution < 1.29 is 18.3 Å². The molecule has 2 aromatic rings. The van der Waals surface area contributed by atoms with Crippen molar-refractivity contribution >= 4 is 5.78 Å². The van der Waals surface area contributed by atoms with Crippen LogP contribution in [0.15, 0.2) is 44.8 Å². The van der Waals surface area contributed by atoms with Gasteiger partial charge in [-0.3, -0.25) is 9.59 Å². The summed E-state index contributed by atoms with van der Waals surface area (Å²) in [5.41, 5.74) is 0.595. The zero-order valence-electron chi connectivity index (χ0n) is 16.9. The highest BCUT2D eigenvalue weighted by Gasteiger charge is 2.47. The standard InChI is InChI=1S/C23H25FO4/c1-6-15-20(26)19-17(25)12-18(14-9-10-16(24)13(4)11-14)28-22(19)23(7-2,8-3)21(15)27-5/h9-12H,6-8H2,1-5H3. The van der Waals surface area contributed by atoms with Crippen molar-refractivity contribution in [2.75, 3.05) is 7.11 Å². The first-order valence-corrected chi connectivity index (χ1v) is 9.62. The third-order valence-corrected chi connectivity index (χ3v) is 5.80. The smallest absolute Gasteiger partial charge is 0.199 e. The second-order valence-corrected chi connectivity index (χ2v) is 7.13. The van der Waals surface area contributed by atoms with Crippen molar-refractivity contribution in [1.29, 1.82) is 0 Å². The molecule has 0 atom stereocenters. The third-order valence-electron chi connectivity index (χ3n) is 5.80. The Morgan fingerprint density at radius 2 is 1.79 bits per heavy atom. The first-order valence-electron chi connectivity index (χ1n) is 9.62. The summed E-state index contributed by atoms with van der Waals surface area (Å²) in [4.78, 5) is 26.0. The highest BCUT2D eigenvalue weighted by atomic mass is 19.1. The maximum absolute atomic E-state index is 13.7. The predicted octanol–water partition coefficient (Wildman–Crippen LogP) is 5.32. The molecule has 4 nitrogen and oxygen atoms in total. The quantitative estimate of drug-likeness (QED) is 0.700. The lowest BCUT2D eigenvalue weighted by molar-refractivity contribution is 0.0975. The van der Waals surface area contributed by atoms with Crippen LogP contribution >= 0.6 is 0 Å². The number of rotatable bonds is 5. The van der Waals surface area contributed by atoms with Gasteiger partial charge in [0.1, 0.15) is 28.7 Å². The molecule has 1 aliphatic carbocycles. The van der Waals surface area contributed by atoms with Gasteiger partial charge < -0.3 is 9.15 Å². The van der Waals surface area contributed by atoms with Crippen LogP contribution in [0.25, 0.3) is 11.3 Å². The topological polar surface area (TPSA) is 56.5 Å². The summed E-state index contributed by atoms with van der Waals surface area (Å²) >= 11 is 0. The molecule has 0 radical (unpaired) electrons. The molecule has 0 fully saturated rings. The molecule has 0 aliphatic heterocycles. The molecule has 1 aromatic carbocycles. The monoisotopic (exact) mass is 384 g/mol. The van der Waals surface area contributed by atoms with Crippen molar-refractivity contribution in [2.45, 2.75) is 52.4 Å². The van der Waals surface area contributed by atoms with Gasteiger partial charge in [0.05, 0.1) is 12.5 Å². The molecule has 0 bridgehead atoms. The molecule has 148 valence electrons. The lowest BCUT2D eigenvalue weighted by Crippen LogP contribution is -2.39. The van der Waals surface area contributed by atoms with Gasteiger partial charge in [0.25, 0.3) is 0 Å². The summed E-state index contributed by atoms with van der Waals surface area (Å²) in [6.07, 6.45) is 1.71. The Bertz CT molecular complexity index is 1030. The molecular formula is C23H25FO4. The molecule has 0 saturated carbocycles. The van der Waals surface area contributed by atoms with E-state index in [4.69, 9.17) is 9.15 Å². The molecule has 1 heterocycles. The number of hydrogen-bond donors (Lipinski definition) is 0. The van der Waals surface area contributed by atoms with Gasteiger partial charge in [-0.15, -0.1) is 0 Å². The van der Waals surface area contributed by atoms with Crippen LogP contribution < -0.4 is 5.43 Å². The predicted molar refractivity (Wildman–Crippen MR) is 106 cm³/mol. The number of hydrogen-bond acceptors (Lipinski definition) is 4. The molecule has 3 rings (SSSR count). The highest BCUT2D eigenvalue weighted by molar-refractivity contribution is 6.11. The number of ketones is 1. The molecule has 0 saturated heterocycles. The Morgan fingerprint density at radius 3 is 2.32 bits per heavy atom. The Balaban J connectivity index is 2.36. The van der Waals surface area contributed by atoms with Crippen molar-refractivity contribution in [2.24, 2.45) is 0 Å². The van der Waals surface area contributed by atoms with Gasteiger partial charge in [-0.2, -0.15) is 0 Å². The van der Waals surface area contributed by atoms with Crippen LogP contribution in [0.4, 0.5) is 4.39 Å². The lowest BCUT2D eigenvalue weighted by Gasteiger charge is -2.37. The Kier molecular flexibility index (Phi) is 5.28. The number of allylic oxidation sites excluding steroid dienone is 2. The summed E-state index contributed by atoms with van der Waals surface area (Å²) in [7, 11) is 1.55. The Labute approximate surface area is 164 Å². The van der Waals surface area contributed by atoms with Crippen molar-refractivity contribution in [3.8, 4) is 11.3 Å². The second-order valence-electron chi connectivity index (χ2n) is 7.13. The average Bonchev–Trinajstić information content (AvgIpc) is 2.69. The number of Topliss-reactive ketones (excluding diaryl/α,β-unsaturated/α-hetero) is 1. The van der Waals surface area contributed by atoms with Gasteiger partial charge in [0.2, 0.25) is 0 Å². The van der Waals surface area contributed by atoms with Crippen LogP contribution in [-0.2, 0) is 10.2 Å². The largest absolute Gasteiger partial charge is 0.500 e. The summed E-state index contributed by atoms with van der Waals surface area (Å²) in [6.45, 7) is 7.51. The van der Waals surface area contributed by atoms with E-state index in [1.807, 2.05) is 20.8 Å². The van der Waals surface area contributed by atoms with E-state index < -0.39 is 5.41 Å². The summed E-state index contributed by atoms with van der Waals surface area (Å²) in [5, 5.41) is 0. The van der Waals surface area contributed by atoms with Crippen LogP contribution in [-0.4, -0.2) is 12.9 Å². The minimum Gasteiger partial charge on any atom is -0.500 e. The second kappa shape index (κ2) is 7.38. The van der Waals surface area contributed by atoms with Gasteiger partial charge in [0.15, 0.2) is 11.2 Å². The molecule has 0 spiro atoms. The van der Waals surface area contributed by atoms with Crippen LogP contribution in [0.3, 0.4) is 0 Å². The molecule has 5 heteroatoms. The molecule has 0 N–H and O–H groups in total. The third kappa shape index (κ3) is 2.81. The van der Waals surface area contributed by atoms with E-state index >= 15 is 0 Å². The SMILES string of the molecule is CCC1=C(OC)C(CC)(CC)c2oc(-c3ccc(F)c(C)c3)cc(=O)c2C1=O. The van der Waals surface area contributed by atoms with Gasteiger partial charge in [-0.25, -0.2) is 4.39 Å². The average molecular weight is 384 g/mol. The summed E-state index contributed by atoms with van der Waals surface area (Å²) in [5.74, 6) is 0.589. The minimum absolute atomic E-state index is 0.0870. The van der Waals surface area contributed by atoms with Gasteiger partial charge in [0, 0.05) is 17.2 Å². The molecular weight excluding hydrogens is 359 g/mol. The first-order chi connectivity index (χ1) is 13.3. The first kappa shape index (κ1) is 20.1. The highest BCUT2D eigenvalue weighted by Crippen LogP contribution is 2.47. The minimum atomic E-state index is -0.687. The van der Waals surface area contributed by atoms with E-state index in [1.54, 1.807) is 26.2 Å². The summed E-state index contributed by atoms with van der Waals surface area (Å²) in [6, 6.07) is 5.87. The Morgan fingerprint density at radius 1 is 1.11 bits per heavy atom. The van der Waals surface area contributed by atoms with E-state index in [1.165, 1.54) is 12.1 Å². The Hall–Kier alpha value is -2.69. The van der Waals surface area contributed by atoms with Crippen LogP contribution in [0.1, 0.15) is 61.7 Å². The molecule has 1 aromatic heterocycles. The van der Waals surface area contributed by atoms with E-state index in [9.17, 15) is 14.0 Å². The fourth-order valence-electron chi connectivity index (χ4n) is 4.16. The van der Waals surface area contributed by atoms with Gasteiger partial charge in [-0.1, -0.05) is 20.8 Å². The number of fused-ring (bicyclic) bond motifs is 1. The molecule has 0 amide bonds. The zero-order valence-corrected chi connectivity index (χ0v) is 16.9. The van der Waals surface area contributed by atoms with E-state index in [2.05, 4.69) is 0 Å². The summed E-state index contributed by atoms with van der Waals surface area (Å²) < 4.78 is 25.6. The fraction of sp³-hybridized carbons (Fsp3) is 0.391. The molecule has 28 heavy (non-hydrogen) atoms. The lowest BCUT2D eigenvalue weighted by atomic mass is 9.69. The van der Waals surface area contributed by atoms with E-state index in [0.29, 0.717) is 53.2 Å². The number of halogens is 1. The number of carbonyl (C=O) groups is 1. The van der Waals surface area contributed by atoms with Gasteiger partial charge >= 0.3 is 0 Å². The number of carbonyl (C=O) groups excluding carboxylic acids is 1. The number of ether oxygens (including phenoxy) is 1. The maximum Gasteiger partial charge on any atom is 0.199 e. The fourth-order valence-corrected chi connectivity index (χ4v) is 4.16. The van der Waals surface area contributed by atoms with Crippen LogP contribution in [0.5, 0.6) is 0 Å². The van der Waals surface area contributed by atoms with Crippen LogP contribution in [0, 0.1) is 12.7 Å². The molecule has 0 unspecified atom stereocenters. The van der Waals surface area contributed by atoms with Crippen molar-refractivity contribution in [3.05, 3.63) is 68.5 Å². The zero-order chi connectivity index (χ0) is 20.6. The number of methoxy groups -OCH3 is 1. The number of aryl methyl sites for hydroxylation is 1.